The Bertz CT molecular complexity index is 307. The molecule has 82 valence electrons. The van der Waals surface area contributed by atoms with Crippen LogP contribution in [0, 0.1) is 5.92 Å². The molecule has 2 rings (SSSR count). The highest BCUT2D eigenvalue weighted by molar-refractivity contribution is 7.08. The van der Waals surface area contributed by atoms with E-state index in [1.807, 2.05) is 0 Å². The third-order valence-electron chi connectivity index (χ3n) is 3.26. The Morgan fingerprint density at radius 2 is 2.20 bits per heavy atom. The van der Waals surface area contributed by atoms with E-state index < -0.39 is 0 Å². The standard InChI is InChI=1S/C13H19NS/c14-9-13(8-11-6-7-15-10-11)12-4-2-1-3-5-12/h6-8,10,12H,1-5,9,14H2. The molecule has 0 bridgehead atoms. The smallest absolute Gasteiger partial charge is 0.0142 e. The summed E-state index contributed by atoms with van der Waals surface area (Å²) in [5, 5.41) is 4.32. The van der Waals surface area contributed by atoms with E-state index >= 15 is 0 Å². The Morgan fingerprint density at radius 3 is 2.80 bits per heavy atom. The highest BCUT2D eigenvalue weighted by Crippen LogP contribution is 2.30. The zero-order valence-electron chi connectivity index (χ0n) is 9.11. The van der Waals surface area contributed by atoms with Crippen LogP contribution in [0.5, 0.6) is 0 Å². The van der Waals surface area contributed by atoms with Crippen LogP contribution in [0.15, 0.2) is 22.4 Å². The summed E-state index contributed by atoms with van der Waals surface area (Å²) in [6.45, 7) is 0.723. The van der Waals surface area contributed by atoms with Crippen LogP contribution in [0.4, 0.5) is 0 Å². The molecule has 0 aromatic carbocycles. The fourth-order valence-corrected chi connectivity index (χ4v) is 3.01. The van der Waals surface area contributed by atoms with Crippen LogP contribution >= 0.6 is 11.3 Å². The first-order chi connectivity index (χ1) is 7.40. The Kier molecular flexibility index (Phi) is 3.98. The van der Waals surface area contributed by atoms with Gasteiger partial charge in [-0.2, -0.15) is 11.3 Å². The van der Waals surface area contributed by atoms with Crippen molar-refractivity contribution in [3.63, 3.8) is 0 Å². The summed E-state index contributed by atoms with van der Waals surface area (Å²) in [6.07, 6.45) is 9.15. The second kappa shape index (κ2) is 5.47. The minimum atomic E-state index is 0.723. The van der Waals surface area contributed by atoms with Gasteiger partial charge >= 0.3 is 0 Å². The maximum absolute atomic E-state index is 5.86. The number of hydrogen-bond acceptors (Lipinski definition) is 2. The van der Waals surface area contributed by atoms with Gasteiger partial charge in [-0.15, -0.1) is 0 Å². The maximum atomic E-state index is 5.86. The van der Waals surface area contributed by atoms with Crippen LogP contribution in [-0.4, -0.2) is 6.54 Å². The molecule has 2 heteroatoms. The van der Waals surface area contributed by atoms with Crippen molar-refractivity contribution >= 4 is 17.4 Å². The van der Waals surface area contributed by atoms with Gasteiger partial charge in [0.15, 0.2) is 0 Å². The normalized spacial score (nSPS) is 19.4. The van der Waals surface area contributed by atoms with Crippen molar-refractivity contribution in [1.82, 2.24) is 0 Å². The monoisotopic (exact) mass is 221 g/mol. The lowest BCUT2D eigenvalue weighted by Crippen LogP contribution is -2.15. The molecule has 0 unspecified atom stereocenters. The first-order valence-corrected chi connectivity index (χ1v) is 6.77. The van der Waals surface area contributed by atoms with E-state index in [4.69, 9.17) is 5.73 Å². The van der Waals surface area contributed by atoms with Crippen molar-refractivity contribution in [2.45, 2.75) is 32.1 Å². The number of hydrogen-bond donors (Lipinski definition) is 1. The van der Waals surface area contributed by atoms with Gasteiger partial charge in [0.2, 0.25) is 0 Å². The Morgan fingerprint density at radius 1 is 1.40 bits per heavy atom. The summed E-state index contributed by atoms with van der Waals surface area (Å²) < 4.78 is 0. The van der Waals surface area contributed by atoms with Gasteiger partial charge in [-0.3, -0.25) is 0 Å². The van der Waals surface area contributed by atoms with E-state index in [0.29, 0.717) is 0 Å². The molecule has 0 aliphatic heterocycles. The highest BCUT2D eigenvalue weighted by atomic mass is 32.1. The first-order valence-electron chi connectivity index (χ1n) is 5.83. The van der Waals surface area contributed by atoms with Crippen molar-refractivity contribution in [3.05, 3.63) is 28.0 Å². The maximum Gasteiger partial charge on any atom is 0.0142 e. The quantitative estimate of drug-likeness (QED) is 0.828. The molecule has 0 spiro atoms. The highest BCUT2D eigenvalue weighted by Gasteiger charge is 2.16. The molecule has 0 atom stereocenters. The molecular formula is C13H19NS. The van der Waals surface area contributed by atoms with E-state index in [-0.39, 0.29) is 0 Å². The average Bonchev–Trinajstić information content (AvgIpc) is 2.80. The fraction of sp³-hybridized carbons (Fsp3) is 0.538. The number of thiophene rings is 1. The first kappa shape index (κ1) is 10.9. The second-order valence-corrected chi connectivity index (χ2v) is 5.10. The van der Waals surface area contributed by atoms with E-state index in [2.05, 4.69) is 22.9 Å². The average molecular weight is 221 g/mol. The molecule has 1 nitrogen and oxygen atoms in total. The summed E-state index contributed by atoms with van der Waals surface area (Å²) >= 11 is 1.75. The van der Waals surface area contributed by atoms with Crippen LogP contribution < -0.4 is 5.73 Å². The molecule has 0 saturated heterocycles. The molecule has 15 heavy (non-hydrogen) atoms. The lowest BCUT2D eigenvalue weighted by atomic mass is 9.83. The van der Waals surface area contributed by atoms with Crippen molar-refractivity contribution in [2.75, 3.05) is 6.54 Å². The molecule has 1 aliphatic rings. The van der Waals surface area contributed by atoms with Gasteiger partial charge in [0.05, 0.1) is 0 Å². The van der Waals surface area contributed by atoms with Gasteiger partial charge in [0.1, 0.15) is 0 Å². The summed E-state index contributed by atoms with van der Waals surface area (Å²) in [4.78, 5) is 0. The van der Waals surface area contributed by atoms with Crippen LogP contribution in [0.25, 0.3) is 6.08 Å². The van der Waals surface area contributed by atoms with Gasteiger partial charge in [0, 0.05) is 6.54 Å². The predicted octanol–water partition coefficient (Wildman–Crippen LogP) is 3.67. The summed E-state index contributed by atoms with van der Waals surface area (Å²) in [7, 11) is 0. The van der Waals surface area contributed by atoms with Crippen molar-refractivity contribution in [1.29, 1.82) is 0 Å². The topological polar surface area (TPSA) is 26.0 Å². The van der Waals surface area contributed by atoms with E-state index in [9.17, 15) is 0 Å². The molecule has 0 amide bonds. The fourth-order valence-electron chi connectivity index (χ4n) is 2.39. The summed E-state index contributed by atoms with van der Waals surface area (Å²) in [6, 6.07) is 2.17. The predicted molar refractivity (Wildman–Crippen MR) is 67.9 cm³/mol. The van der Waals surface area contributed by atoms with Crippen molar-refractivity contribution < 1.29 is 0 Å². The van der Waals surface area contributed by atoms with Crippen LogP contribution in [-0.2, 0) is 0 Å². The minimum absolute atomic E-state index is 0.723. The summed E-state index contributed by atoms with van der Waals surface area (Å²) in [5.41, 5.74) is 8.63. The second-order valence-electron chi connectivity index (χ2n) is 4.31. The Balaban J connectivity index is 2.08. The van der Waals surface area contributed by atoms with E-state index in [0.717, 1.165) is 12.5 Å². The lowest BCUT2D eigenvalue weighted by molar-refractivity contribution is 0.401. The van der Waals surface area contributed by atoms with Crippen LogP contribution in [0.1, 0.15) is 37.7 Å². The van der Waals surface area contributed by atoms with E-state index in [1.54, 1.807) is 11.3 Å². The van der Waals surface area contributed by atoms with Crippen molar-refractivity contribution in [2.24, 2.45) is 11.7 Å². The Hall–Kier alpha value is -0.600. The lowest BCUT2D eigenvalue weighted by Gasteiger charge is -2.23. The van der Waals surface area contributed by atoms with Crippen LogP contribution in [0.2, 0.25) is 0 Å². The molecule has 1 aromatic heterocycles. The zero-order chi connectivity index (χ0) is 10.5. The molecule has 1 heterocycles. The molecule has 1 fully saturated rings. The van der Waals surface area contributed by atoms with Gasteiger partial charge < -0.3 is 5.73 Å². The third-order valence-corrected chi connectivity index (χ3v) is 3.96. The van der Waals surface area contributed by atoms with Gasteiger partial charge in [-0.25, -0.2) is 0 Å². The summed E-state index contributed by atoms with van der Waals surface area (Å²) in [5.74, 6) is 0.753. The van der Waals surface area contributed by atoms with E-state index in [1.165, 1.54) is 43.2 Å². The number of nitrogens with two attached hydrogens (primary N) is 1. The Labute approximate surface area is 96.0 Å². The van der Waals surface area contributed by atoms with Gasteiger partial charge in [-0.1, -0.05) is 30.9 Å². The van der Waals surface area contributed by atoms with Gasteiger partial charge in [-0.05, 0) is 41.1 Å². The number of rotatable bonds is 3. The third kappa shape index (κ3) is 2.93. The molecule has 2 N–H and O–H groups in total. The SMILES string of the molecule is NCC(=Cc1ccsc1)C1CCCCC1. The van der Waals surface area contributed by atoms with Gasteiger partial charge in [0.25, 0.3) is 0 Å². The van der Waals surface area contributed by atoms with Crippen LogP contribution in [0.3, 0.4) is 0 Å². The molecule has 0 radical (unpaired) electrons. The molecule has 1 aliphatic carbocycles. The molecule has 1 aromatic rings. The molecular weight excluding hydrogens is 202 g/mol. The molecule has 1 saturated carbocycles. The largest absolute Gasteiger partial charge is 0.327 e. The minimum Gasteiger partial charge on any atom is -0.327 e. The van der Waals surface area contributed by atoms with Crippen molar-refractivity contribution in [3.8, 4) is 0 Å². The zero-order valence-corrected chi connectivity index (χ0v) is 9.93.